The van der Waals surface area contributed by atoms with Gasteiger partial charge in [-0.2, -0.15) is 0 Å². The third-order valence-corrected chi connectivity index (χ3v) is 2.00. The topological polar surface area (TPSA) is 12.4 Å². The summed E-state index contributed by atoms with van der Waals surface area (Å²) in [5.41, 5.74) is 1.14. The van der Waals surface area contributed by atoms with E-state index in [0.29, 0.717) is 0 Å². The zero-order valence-electron chi connectivity index (χ0n) is 9.73. The molecule has 0 fully saturated rings. The van der Waals surface area contributed by atoms with E-state index in [2.05, 4.69) is 19.0 Å². The molecule has 0 heterocycles. The summed E-state index contributed by atoms with van der Waals surface area (Å²) in [5.74, 6) is 0. The summed E-state index contributed by atoms with van der Waals surface area (Å²) in [5, 5.41) is 0. The summed E-state index contributed by atoms with van der Waals surface area (Å²) < 4.78 is 5.85. The summed E-state index contributed by atoms with van der Waals surface area (Å²) in [4.78, 5) is 4.58. The van der Waals surface area contributed by atoms with Gasteiger partial charge in [0.15, 0.2) is 0 Å². The normalized spacial score (nSPS) is 6.07. The van der Waals surface area contributed by atoms with Gasteiger partial charge < -0.3 is 0 Å². The van der Waals surface area contributed by atoms with E-state index in [1.165, 1.54) is 39.0 Å². The molecular formula is C9H17NUW4-2. The molecule has 0 bridgehead atoms. The molecule has 0 aromatic carbocycles. The molecule has 15 heavy (non-hydrogen) atoms. The average Bonchev–Trinajstić information content (AvgIpc) is 2.27. The van der Waals surface area contributed by atoms with Crippen molar-refractivity contribution in [3.63, 3.8) is 0 Å². The van der Waals surface area contributed by atoms with Gasteiger partial charge in [-0.1, -0.05) is 27.7 Å². The molecule has 0 unspecified atom stereocenters. The van der Waals surface area contributed by atoms with E-state index in [-0.39, 0.29) is 52.2 Å². The first-order valence-corrected chi connectivity index (χ1v) is 8.62. The van der Waals surface area contributed by atoms with E-state index in [1.807, 2.05) is 34.6 Å². The zero-order chi connectivity index (χ0) is 11.7. The van der Waals surface area contributed by atoms with E-state index in [1.54, 1.807) is 0 Å². The van der Waals surface area contributed by atoms with E-state index < -0.39 is 0 Å². The van der Waals surface area contributed by atoms with Crippen LogP contribution in [0.15, 0.2) is 9.07 Å². The molecule has 0 N–H and O–H groups in total. The third kappa shape index (κ3) is 59.5. The van der Waals surface area contributed by atoms with Crippen LogP contribution in [0.5, 0.6) is 0 Å². The van der Waals surface area contributed by atoms with Crippen LogP contribution in [0.25, 0.3) is 0 Å². The Morgan fingerprint density at radius 3 is 1.53 bits per heavy atom. The first-order chi connectivity index (χ1) is 6.31. The van der Waals surface area contributed by atoms with Crippen molar-refractivity contribution < 1.29 is 111 Å². The molecule has 0 aromatic rings. The minimum atomic E-state index is 0. The van der Waals surface area contributed by atoms with E-state index in [4.69, 9.17) is 0 Å². The Bertz CT molecular complexity index is 129. The fraction of sp³-hybridized carbons (Fsp3) is 0.556. The van der Waals surface area contributed by atoms with Gasteiger partial charge in [0.05, 0.1) is 0 Å². The van der Waals surface area contributed by atoms with Gasteiger partial charge in [0, 0.05) is 52.2 Å². The maximum atomic E-state index is 4.58. The Kier molecular flexibility index (Phi) is 129. The summed E-state index contributed by atoms with van der Waals surface area (Å²) in [6, 6.07) is 0. The molecule has 0 saturated heterocycles. The fourth-order valence-electron chi connectivity index (χ4n) is 0.0983. The van der Waals surface area contributed by atoms with Crippen molar-refractivity contribution in [1.29, 1.82) is 0 Å². The Hall–Kier alpha value is 3.09. The Morgan fingerprint density at radius 2 is 1.47 bits per heavy atom. The van der Waals surface area contributed by atoms with Crippen molar-refractivity contribution in [1.82, 2.24) is 0 Å². The minimum Gasteiger partial charge on any atom is 0 e. The molecule has 1 nitrogen and oxygen atoms in total. The SMILES string of the molecule is CC.CC.CC(=[C-][N]=[W])[CH]=[W].[CH-]=[W].[U].[W]. The van der Waals surface area contributed by atoms with Crippen molar-refractivity contribution in [3.05, 3.63) is 11.8 Å². The second-order valence-corrected chi connectivity index (χ2v) is 2.51. The van der Waals surface area contributed by atoms with Crippen LogP contribution in [0.1, 0.15) is 34.6 Å². The first kappa shape index (κ1) is 36.1. The molecule has 6 heteroatoms. The maximum Gasteiger partial charge on any atom is 0 e. The average molecular weight is 1110 g/mol. The molecule has 0 atom stereocenters. The number of nitrogens with zero attached hydrogens (tertiary/aromatic N) is 1. The van der Waals surface area contributed by atoms with Crippen molar-refractivity contribution in [2.45, 2.75) is 34.6 Å². The molecular weight excluding hydrogens is 1100 g/mol. The van der Waals surface area contributed by atoms with Crippen LogP contribution in [0.2, 0.25) is 0 Å². The smallest absolute Gasteiger partial charge is 0 e. The van der Waals surface area contributed by atoms with Crippen LogP contribution in [-0.2, 0) is 79.4 Å². The Balaban J connectivity index is -0.0000000221. The van der Waals surface area contributed by atoms with Gasteiger partial charge in [-0.05, 0) is 0 Å². The van der Waals surface area contributed by atoms with E-state index in [9.17, 15) is 0 Å². The van der Waals surface area contributed by atoms with Gasteiger partial charge in [0.25, 0.3) is 0 Å². The van der Waals surface area contributed by atoms with Crippen LogP contribution in [0.4, 0.5) is 0 Å². The first-order valence-electron chi connectivity index (χ1n) is 3.92. The third-order valence-electron chi connectivity index (χ3n) is 0.399. The number of rotatable bonds is 2. The second kappa shape index (κ2) is 53.6. The maximum absolute atomic E-state index is 4.58. The molecule has 0 spiro atoms. The summed E-state index contributed by atoms with van der Waals surface area (Å²) in [6.07, 6.45) is 2.84. The van der Waals surface area contributed by atoms with Crippen LogP contribution >= 0.6 is 0 Å². The fourth-order valence-corrected chi connectivity index (χ4v) is 0.805. The largest absolute Gasteiger partial charge is 0 e. The quantitative estimate of drug-likeness (QED) is 0.378. The number of hydrogen-bond donors (Lipinski definition) is 0. The van der Waals surface area contributed by atoms with Crippen LogP contribution in [-0.4, -0.2) is 9.30 Å². The minimum absolute atomic E-state index is 0. The van der Waals surface area contributed by atoms with Gasteiger partial charge in [-0.15, -0.1) is 0 Å². The number of allylic oxidation sites excluding steroid dienone is 1. The predicted molar refractivity (Wildman–Crippen MR) is 49.7 cm³/mol. The molecule has 88 valence electrons. The van der Waals surface area contributed by atoms with Gasteiger partial charge >= 0.3 is 89.8 Å². The van der Waals surface area contributed by atoms with Gasteiger partial charge in [-0.3, -0.25) is 0 Å². The van der Waals surface area contributed by atoms with E-state index in [0.717, 1.165) is 24.9 Å². The molecule has 0 aliphatic heterocycles. The zero-order valence-corrected chi connectivity index (χ0v) is 25.6. The predicted octanol–water partition coefficient (Wildman–Crippen LogP) is 2.66. The summed E-state index contributed by atoms with van der Waals surface area (Å²) >= 11 is 3.75. The molecule has 0 amide bonds. The van der Waals surface area contributed by atoms with Gasteiger partial charge in [0.2, 0.25) is 0 Å². The molecule has 0 radical (unpaired) electrons. The van der Waals surface area contributed by atoms with Crippen LogP contribution < -0.4 is 0 Å². The van der Waals surface area contributed by atoms with Gasteiger partial charge in [-0.25, -0.2) is 0 Å². The Labute approximate surface area is 167 Å². The molecule has 0 aliphatic rings. The van der Waals surface area contributed by atoms with E-state index >= 15 is 0 Å². The molecule has 0 aromatic heterocycles. The van der Waals surface area contributed by atoms with Crippen LogP contribution in [0, 0.1) is 37.3 Å². The van der Waals surface area contributed by atoms with Crippen molar-refractivity contribution >= 4 is 9.30 Å². The summed E-state index contributed by atoms with van der Waals surface area (Å²) in [7, 11) is 0. The van der Waals surface area contributed by atoms with Crippen molar-refractivity contribution in [2.24, 2.45) is 3.50 Å². The second-order valence-electron chi connectivity index (χ2n) is 1.00. The number of hydrogen-bond acceptors (Lipinski definition) is 1. The summed E-state index contributed by atoms with van der Waals surface area (Å²) in [6.45, 7) is 10.00. The van der Waals surface area contributed by atoms with Crippen molar-refractivity contribution in [2.75, 3.05) is 0 Å². The molecule has 0 aliphatic carbocycles. The molecule has 0 rings (SSSR count). The Morgan fingerprint density at radius 1 is 1.20 bits per heavy atom. The van der Waals surface area contributed by atoms with Crippen molar-refractivity contribution in [3.8, 4) is 0 Å². The standard InChI is InChI=1S/C4H4N.2C2H6.CH.U.4W/c1-4(2)3-5;2*1-2;;;;;;/h1H,2H3;2*1-2H3;1H;;;;;/q-1;;;-1;;;;;. The van der Waals surface area contributed by atoms with Gasteiger partial charge in [0.1, 0.15) is 0 Å². The monoisotopic (exact) mass is 1110 g/mol. The van der Waals surface area contributed by atoms with Crippen LogP contribution in [0.3, 0.4) is 0 Å². The molecule has 0 saturated carbocycles.